The summed E-state index contributed by atoms with van der Waals surface area (Å²) in [6, 6.07) is 16.0. The number of unbranched alkanes of at least 4 members (excludes halogenated alkanes) is 2. The average molecular weight is 331 g/mol. The molecule has 0 radical (unpaired) electrons. The SMILES string of the molecule is CCCCCC(=O)NS(=O)(=O)c1ccccc1-c1ccccc1. The lowest BCUT2D eigenvalue weighted by molar-refractivity contribution is -0.119. The monoisotopic (exact) mass is 331 g/mol. The molecule has 0 aliphatic carbocycles. The minimum Gasteiger partial charge on any atom is -0.274 e. The van der Waals surface area contributed by atoms with Crippen LogP contribution in [0.3, 0.4) is 0 Å². The van der Waals surface area contributed by atoms with E-state index in [0.29, 0.717) is 12.0 Å². The van der Waals surface area contributed by atoms with Gasteiger partial charge in [-0.1, -0.05) is 68.3 Å². The van der Waals surface area contributed by atoms with E-state index in [9.17, 15) is 13.2 Å². The fraction of sp³-hybridized carbons (Fsp3) is 0.278. The first-order valence-corrected chi connectivity index (χ1v) is 9.23. The molecule has 0 aromatic heterocycles. The molecule has 1 N–H and O–H groups in total. The maximum absolute atomic E-state index is 12.5. The smallest absolute Gasteiger partial charge is 0.264 e. The Hall–Kier alpha value is -2.14. The Kier molecular flexibility index (Phi) is 5.93. The minimum absolute atomic E-state index is 0.120. The minimum atomic E-state index is -3.87. The zero-order valence-electron chi connectivity index (χ0n) is 13.2. The van der Waals surface area contributed by atoms with Crippen LogP contribution in [0.4, 0.5) is 0 Å². The third-order valence-electron chi connectivity index (χ3n) is 3.52. The van der Waals surface area contributed by atoms with Gasteiger partial charge in [-0.25, -0.2) is 13.1 Å². The van der Waals surface area contributed by atoms with Gasteiger partial charge in [-0.2, -0.15) is 0 Å². The zero-order valence-corrected chi connectivity index (χ0v) is 14.0. The summed E-state index contributed by atoms with van der Waals surface area (Å²) < 4.78 is 27.2. The maximum atomic E-state index is 12.5. The van der Waals surface area contributed by atoms with Crippen molar-refractivity contribution in [2.24, 2.45) is 0 Å². The van der Waals surface area contributed by atoms with Crippen LogP contribution in [0.2, 0.25) is 0 Å². The Bertz CT molecular complexity index is 755. The van der Waals surface area contributed by atoms with E-state index in [2.05, 4.69) is 4.72 Å². The van der Waals surface area contributed by atoms with E-state index < -0.39 is 15.9 Å². The number of hydrogen-bond donors (Lipinski definition) is 1. The molecular formula is C18H21NO3S. The van der Waals surface area contributed by atoms with Gasteiger partial charge in [0.05, 0.1) is 4.90 Å². The van der Waals surface area contributed by atoms with Crippen LogP contribution in [-0.4, -0.2) is 14.3 Å². The molecule has 0 bridgehead atoms. The summed E-state index contributed by atoms with van der Waals surface area (Å²) in [6.07, 6.45) is 2.81. The van der Waals surface area contributed by atoms with Gasteiger partial charge in [-0.05, 0) is 18.1 Å². The Morgan fingerprint density at radius 3 is 2.30 bits per heavy atom. The van der Waals surface area contributed by atoms with Gasteiger partial charge in [-0.3, -0.25) is 4.79 Å². The van der Waals surface area contributed by atoms with E-state index in [4.69, 9.17) is 0 Å². The van der Waals surface area contributed by atoms with E-state index in [0.717, 1.165) is 18.4 Å². The Labute approximate surface area is 137 Å². The Morgan fingerprint density at radius 2 is 1.61 bits per heavy atom. The van der Waals surface area contributed by atoms with Gasteiger partial charge in [0, 0.05) is 12.0 Å². The highest BCUT2D eigenvalue weighted by atomic mass is 32.2. The van der Waals surface area contributed by atoms with Crippen LogP contribution in [0.1, 0.15) is 32.6 Å². The first-order valence-electron chi connectivity index (χ1n) is 7.74. The predicted molar refractivity (Wildman–Crippen MR) is 91.3 cm³/mol. The highest BCUT2D eigenvalue weighted by Crippen LogP contribution is 2.26. The van der Waals surface area contributed by atoms with Gasteiger partial charge in [0.15, 0.2) is 0 Å². The summed E-state index contributed by atoms with van der Waals surface area (Å²) in [7, 11) is -3.87. The quantitative estimate of drug-likeness (QED) is 0.786. The second-order valence-corrected chi connectivity index (χ2v) is 7.00. The van der Waals surface area contributed by atoms with E-state index in [1.165, 1.54) is 6.07 Å². The highest BCUT2D eigenvalue weighted by molar-refractivity contribution is 7.90. The maximum Gasteiger partial charge on any atom is 0.264 e. The van der Waals surface area contributed by atoms with E-state index >= 15 is 0 Å². The van der Waals surface area contributed by atoms with Gasteiger partial charge >= 0.3 is 0 Å². The van der Waals surface area contributed by atoms with Crippen LogP contribution in [0.5, 0.6) is 0 Å². The van der Waals surface area contributed by atoms with Gasteiger partial charge in [0.25, 0.3) is 10.0 Å². The number of carbonyl (C=O) groups is 1. The van der Waals surface area contributed by atoms with Crippen molar-refractivity contribution >= 4 is 15.9 Å². The van der Waals surface area contributed by atoms with Crippen molar-refractivity contribution in [3.63, 3.8) is 0 Å². The van der Waals surface area contributed by atoms with Gasteiger partial charge in [-0.15, -0.1) is 0 Å². The molecule has 0 aliphatic heterocycles. The van der Waals surface area contributed by atoms with Crippen LogP contribution in [0, 0.1) is 0 Å². The van der Waals surface area contributed by atoms with Gasteiger partial charge in [0.1, 0.15) is 0 Å². The van der Waals surface area contributed by atoms with Crippen molar-refractivity contribution in [3.8, 4) is 11.1 Å². The summed E-state index contributed by atoms with van der Waals surface area (Å²) in [6.45, 7) is 2.03. The van der Waals surface area contributed by atoms with Crippen LogP contribution < -0.4 is 4.72 Å². The number of rotatable bonds is 7. The van der Waals surface area contributed by atoms with Gasteiger partial charge < -0.3 is 0 Å². The summed E-state index contributed by atoms with van der Waals surface area (Å²) in [5.74, 6) is -0.457. The molecule has 23 heavy (non-hydrogen) atoms. The second-order valence-electron chi connectivity index (χ2n) is 5.35. The third kappa shape index (κ3) is 4.66. The lowest BCUT2D eigenvalue weighted by Crippen LogP contribution is -2.30. The number of nitrogens with one attached hydrogen (secondary N) is 1. The summed E-state index contributed by atoms with van der Waals surface area (Å²) in [4.78, 5) is 12.0. The molecule has 2 aromatic rings. The molecule has 4 nitrogen and oxygen atoms in total. The molecule has 0 aliphatic rings. The lowest BCUT2D eigenvalue weighted by atomic mass is 10.1. The zero-order chi connectivity index (χ0) is 16.7. The number of sulfonamides is 1. The molecule has 0 spiro atoms. The van der Waals surface area contributed by atoms with Crippen molar-refractivity contribution in [1.29, 1.82) is 0 Å². The van der Waals surface area contributed by atoms with Crippen LogP contribution in [0.15, 0.2) is 59.5 Å². The molecule has 2 rings (SSSR count). The molecule has 0 heterocycles. The fourth-order valence-electron chi connectivity index (χ4n) is 2.35. The summed E-state index contributed by atoms with van der Waals surface area (Å²) in [5.41, 5.74) is 1.38. The van der Waals surface area contributed by atoms with Crippen LogP contribution in [-0.2, 0) is 14.8 Å². The molecular weight excluding hydrogens is 310 g/mol. The van der Waals surface area contributed by atoms with Crippen LogP contribution in [0.25, 0.3) is 11.1 Å². The molecule has 2 aromatic carbocycles. The van der Waals surface area contributed by atoms with E-state index in [1.807, 2.05) is 37.3 Å². The molecule has 5 heteroatoms. The van der Waals surface area contributed by atoms with Crippen molar-refractivity contribution < 1.29 is 13.2 Å². The van der Waals surface area contributed by atoms with E-state index in [-0.39, 0.29) is 11.3 Å². The second kappa shape index (κ2) is 7.92. The van der Waals surface area contributed by atoms with Crippen LogP contribution >= 0.6 is 0 Å². The van der Waals surface area contributed by atoms with E-state index in [1.54, 1.807) is 18.2 Å². The first kappa shape index (κ1) is 17.2. The number of carbonyl (C=O) groups excluding carboxylic acids is 1. The van der Waals surface area contributed by atoms with Crippen molar-refractivity contribution in [3.05, 3.63) is 54.6 Å². The topological polar surface area (TPSA) is 63.2 Å². The highest BCUT2D eigenvalue weighted by Gasteiger charge is 2.21. The number of hydrogen-bond acceptors (Lipinski definition) is 3. The summed E-state index contributed by atoms with van der Waals surface area (Å²) in [5, 5.41) is 0. The normalized spacial score (nSPS) is 11.2. The standard InChI is InChI=1S/C18H21NO3S/c1-2-3-5-14-18(20)19-23(21,22)17-13-9-8-12-16(17)15-10-6-4-7-11-15/h4,6-13H,2-3,5,14H2,1H3,(H,19,20). The number of benzene rings is 2. The third-order valence-corrected chi connectivity index (χ3v) is 4.95. The molecule has 0 saturated heterocycles. The predicted octanol–water partition coefficient (Wildman–Crippen LogP) is 3.74. The molecule has 0 fully saturated rings. The fourth-order valence-corrected chi connectivity index (χ4v) is 3.59. The van der Waals surface area contributed by atoms with Crippen molar-refractivity contribution in [2.75, 3.05) is 0 Å². The Balaban J connectivity index is 2.25. The van der Waals surface area contributed by atoms with Crippen molar-refractivity contribution in [1.82, 2.24) is 4.72 Å². The largest absolute Gasteiger partial charge is 0.274 e. The molecule has 0 atom stereocenters. The Morgan fingerprint density at radius 1 is 0.957 bits per heavy atom. The molecule has 1 amide bonds. The van der Waals surface area contributed by atoms with Gasteiger partial charge in [0.2, 0.25) is 5.91 Å². The van der Waals surface area contributed by atoms with Crippen molar-refractivity contribution in [2.45, 2.75) is 37.5 Å². The molecule has 0 unspecified atom stereocenters. The summed E-state index contributed by atoms with van der Waals surface area (Å²) >= 11 is 0. The molecule has 122 valence electrons. The lowest BCUT2D eigenvalue weighted by Gasteiger charge is -2.11. The average Bonchev–Trinajstić information content (AvgIpc) is 2.55. The first-order chi connectivity index (χ1) is 11.0. The molecule has 0 saturated carbocycles. The number of amides is 1.